The number of hydrogen-bond donors (Lipinski definition) is 0. The van der Waals surface area contributed by atoms with Crippen LogP contribution in [0.1, 0.15) is 16.7 Å². The average molecular weight is 240 g/mol. The van der Waals surface area contributed by atoms with Crippen molar-refractivity contribution in [2.24, 2.45) is 0 Å². The predicted octanol–water partition coefficient (Wildman–Crippen LogP) is 2.79. The highest BCUT2D eigenvalue weighted by Crippen LogP contribution is 2.22. The summed E-state index contributed by atoms with van der Waals surface area (Å²) in [5, 5.41) is 0.878. The van der Waals surface area contributed by atoms with Crippen molar-refractivity contribution < 1.29 is 4.74 Å². The van der Waals surface area contributed by atoms with E-state index in [0.29, 0.717) is 0 Å². The summed E-state index contributed by atoms with van der Waals surface area (Å²) in [4.78, 5) is 2.42. The number of halogens is 1. The molecule has 1 aromatic rings. The Morgan fingerprint density at radius 1 is 1.25 bits per heavy atom. The first-order valence-electron chi connectivity index (χ1n) is 5.72. The molecule has 0 aliphatic carbocycles. The predicted molar refractivity (Wildman–Crippen MR) is 67.0 cm³/mol. The minimum absolute atomic E-state index is 0.846. The monoisotopic (exact) mass is 239 g/mol. The highest BCUT2D eigenvalue weighted by molar-refractivity contribution is 6.31. The second-order valence-electron chi connectivity index (χ2n) is 4.42. The SMILES string of the molecule is Cc1cc(Cl)c(C)c(CN2CCOCC2)c1. The van der Waals surface area contributed by atoms with Crippen LogP contribution in [0.5, 0.6) is 0 Å². The molecule has 1 saturated heterocycles. The summed E-state index contributed by atoms with van der Waals surface area (Å²) in [5.41, 5.74) is 3.78. The Labute approximate surface area is 102 Å². The van der Waals surface area contributed by atoms with Crippen molar-refractivity contribution in [1.29, 1.82) is 0 Å². The van der Waals surface area contributed by atoms with E-state index in [1.54, 1.807) is 0 Å². The molecule has 1 aliphatic heterocycles. The summed E-state index contributed by atoms with van der Waals surface area (Å²) in [7, 11) is 0. The molecule has 0 aromatic heterocycles. The van der Waals surface area contributed by atoms with Crippen LogP contribution in [-0.2, 0) is 11.3 Å². The van der Waals surface area contributed by atoms with Gasteiger partial charge < -0.3 is 4.74 Å². The fourth-order valence-electron chi connectivity index (χ4n) is 2.05. The lowest BCUT2D eigenvalue weighted by molar-refractivity contribution is 0.0341. The van der Waals surface area contributed by atoms with Gasteiger partial charge >= 0.3 is 0 Å². The molecular weight excluding hydrogens is 222 g/mol. The Hall–Kier alpha value is -0.570. The maximum atomic E-state index is 6.19. The van der Waals surface area contributed by atoms with E-state index in [-0.39, 0.29) is 0 Å². The minimum atomic E-state index is 0.846. The summed E-state index contributed by atoms with van der Waals surface area (Å²) >= 11 is 6.19. The molecule has 3 heteroatoms. The van der Waals surface area contributed by atoms with E-state index in [1.165, 1.54) is 16.7 Å². The first-order chi connectivity index (χ1) is 7.66. The molecule has 0 spiro atoms. The number of ether oxygens (including phenoxy) is 1. The van der Waals surface area contributed by atoms with Crippen LogP contribution in [0, 0.1) is 13.8 Å². The van der Waals surface area contributed by atoms with Gasteiger partial charge in [-0.15, -0.1) is 0 Å². The molecule has 1 aliphatic rings. The lowest BCUT2D eigenvalue weighted by Crippen LogP contribution is -2.35. The summed E-state index contributed by atoms with van der Waals surface area (Å²) in [6.07, 6.45) is 0. The van der Waals surface area contributed by atoms with Gasteiger partial charge in [-0.2, -0.15) is 0 Å². The summed E-state index contributed by atoms with van der Waals surface area (Å²) in [6.45, 7) is 8.90. The van der Waals surface area contributed by atoms with E-state index in [9.17, 15) is 0 Å². The van der Waals surface area contributed by atoms with Crippen LogP contribution >= 0.6 is 11.6 Å². The van der Waals surface area contributed by atoms with Gasteiger partial charge in [0.25, 0.3) is 0 Å². The lowest BCUT2D eigenvalue weighted by Gasteiger charge is -2.27. The quantitative estimate of drug-likeness (QED) is 0.787. The number of nitrogens with zero attached hydrogens (tertiary/aromatic N) is 1. The highest BCUT2D eigenvalue weighted by Gasteiger charge is 2.13. The maximum absolute atomic E-state index is 6.19. The van der Waals surface area contributed by atoms with Gasteiger partial charge in [-0.25, -0.2) is 0 Å². The molecule has 0 bridgehead atoms. The second-order valence-corrected chi connectivity index (χ2v) is 4.83. The van der Waals surface area contributed by atoms with E-state index in [0.717, 1.165) is 37.9 Å². The Morgan fingerprint density at radius 2 is 1.94 bits per heavy atom. The Kier molecular flexibility index (Phi) is 3.85. The molecule has 16 heavy (non-hydrogen) atoms. The van der Waals surface area contributed by atoms with Crippen LogP contribution in [-0.4, -0.2) is 31.2 Å². The van der Waals surface area contributed by atoms with Crippen LogP contribution in [0.25, 0.3) is 0 Å². The largest absolute Gasteiger partial charge is 0.379 e. The van der Waals surface area contributed by atoms with Gasteiger partial charge in [-0.3, -0.25) is 4.90 Å². The van der Waals surface area contributed by atoms with Gasteiger partial charge in [0.2, 0.25) is 0 Å². The molecule has 1 fully saturated rings. The van der Waals surface area contributed by atoms with Crippen molar-refractivity contribution in [3.05, 3.63) is 33.8 Å². The number of hydrogen-bond acceptors (Lipinski definition) is 2. The third kappa shape index (κ3) is 2.76. The molecule has 88 valence electrons. The van der Waals surface area contributed by atoms with Gasteiger partial charge in [0.15, 0.2) is 0 Å². The van der Waals surface area contributed by atoms with Crippen molar-refractivity contribution in [2.45, 2.75) is 20.4 Å². The molecule has 0 atom stereocenters. The first-order valence-corrected chi connectivity index (χ1v) is 6.10. The van der Waals surface area contributed by atoms with Crippen molar-refractivity contribution in [2.75, 3.05) is 26.3 Å². The maximum Gasteiger partial charge on any atom is 0.0594 e. The Balaban J connectivity index is 2.13. The fraction of sp³-hybridized carbons (Fsp3) is 0.538. The first kappa shape index (κ1) is 11.9. The van der Waals surface area contributed by atoms with Crippen molar-refractivity contribution in [3.8, 4) is 0 Å². The van der Waals surface area contributed by atoms with Gasteiger partial charge in [0, 0.05) is 24.7 Å². The zero-order valence-corrected chi connectivity index (χ0v) is 10.7. The average Bonchev–Trinajstić information content (AvgIpc) is 2.27. The van der Waals surface area contributed by atoms with Crippen LogP contribution in [0.2, 0.25) is 5.02 Å². The molecule has 2 nitrogen and oxygen atoms in total. The van der Waals surface area contributed by atoms with Crippen molar-refractivity contribution in [3.63, 3.8) is 0 Å². The van der Waals surface area contributed by atoms with Crippen LogP contribution in [0.15, 0.2) is 12.1 Å². The molecule has 0 saturated carbocycles. The van der Waals surface area contributed by atoms with Gasteiger partial charge in [0.05, 0.1) is 13.2 Å². The third-order valence-electron chi connectivity index (χ3n) is 3.09. The summed E-state index contributed by atoms with van der Waals surface area (Å²) in [5.74, 6) is 0. The molecular formula is C13H18ClNO. The van der Waals surface area contributed by atoms with E-state index in [2.05, 4.69) is 24.8 Å². The number of benzene rings is 1. The number of rotatable bonds is 2. The minimum Gasteiger partial charge on any atom is -0.379 e. The highest BCUT2D eigenvalue weighted by atomic mass is 35.5. The fourth-order valence-corrected chi connectivity index (χ4v) is 2.34. The molecule has 2 rings (SSSR count). The zero-order valence-electron chi connectivity index (χ0n) is 9.92. The molecule has 0 radical (unpaired) electrons. The van der Waals surface area contributed by atoms with Crippen LogP contribution in [0.3, 0.4) is 0 Å². The van der Waals surface area contributed by atoms with E-state index >= 15 is 0 Å². The molecule has 1 aromatic carbocycles. The zero-order chi connectivity index (χ0) is 11.5. The summed E-state index contributed by atoms with van der Waals surface area (Å²) < 4.78 is 5.35. The molecule has 0 N–H and O–H groups in total. The summed E-state index contributed by atoms with van der Waals surface area (Å²) in [6, 6.07) is 4.26. The van der Waals surface area contributed by atoms with E-state index < -0.39 is 0 Å². The smallest absolute Gasteiger partial charge is 0.0594 e. The topological polar surface area (TPSA) is 12.5 Å². The van der Waals surface area contributed by atoms with Crippen LogP contribution in [0.4, 0.5) is 0 Å². The molecule has 0 amide bonds. The number of morpholine rings is 1. The van der Waals surface area contributed by atoms with Crippen molar-refractivity contribution in [1.82, 2.24) is 4.90 Å². The second kappa shape index (κ2) is 5.17. The lowest BCUT2D eigenvalue weighted by atomic mass is 10.0. The van der Waals surface area contributed by atoms with Crippen molar-refractivity contribution >= 4 is 11.6 Å². The standard InChI is InChI=1S/C13H18ClNO/c1-10-7-12(11(2)13(14)8-10)9-15-3-5-16-6-4-15/h7-8H,3-6,9H2,1-2H3. The normalized spacial score (nSPS) is 17.7. The van der Waals surface area contributed by atoms with E-state index in [1.807, 2.05) is 6.07 Å². The van der Waals surface area contributed by atoms with Gasteiger partial charge in [-0.1, -0.05) is 17.7 Å². The Bertz CT molecular complexity index is 372. The van der Waals surface area contributed by atoms with Gasteiger partial charge in [-0.05, 0) is 36.6 Å². The van der Waals surface area contributed by atoms with Crippen LogP contribution < -0.4 is 0 Å². The van der Waals surface area contributed by atoms with E-state index in [4.69, 9.17) is 16.3 Å². The number of aryl methyl sites for hydroxylation is 1. The molecule has 0 unspecified atom stereocenters. The third-order valence-corrected chi connectivity index (χ3v) is 3.49. The molecule has 1 heterocycles. The van der Waals surface area contributed by atoms with Gasteiger partial charge in [0.1, 0.15) is 0 Å². The Morgan fingerprint density at radius 3 is 2.62 bits per heavy atom.